The normalized spacial score (nSPS) is 11.5. The van der Waals surface area contributed by atoms with Gasteiger partial charge in [-0.2, -0.15) is 5.26 Å². The number of carbonyl (C=O) groups is 2. The van der Waals surface area contributed by atoms with Gasteiger partial charge in [0.1, 0.15) is 5.92 Å². The van der Waals surface area contributed by atoms with Gasteiger partial charge in [-0.15, -0.1) is 0 Å². The van der Waals surface area contributed by atoms with E-state index in [1.54, 1.807) is 6.07 Å². The molecule has 7 nitrogen and oxygen atoms in total. The van der Waals surface area contributed by atoms with Crippen LogP contribution in [-0.2, 0) is 20.7 Å². The largest absolute Gasteiger partial charge is 0.458 e. The summed E-state index contributed by atoms with van der Waals surface area (Å²) in [7, 11) is 0. The van der Waals surface area contributed by atoms with Gasteiger partial charge in [0.25, 0.3) is 0 Å². The van der Waals surface area contributed by atoms with Crippen molar-refractivity contribution in [3.63, 3.8) is 0 Å². The number of aryl methyl sites for hydroxylation is 2. The van der Waals surface area contributed by atoms with E-state index in [1.165, 1.54) is 18.7 Å². The molecule has 8 heteroatoms. The van der Waals surface area contributed by atoms with Crippen LogP contribution >= 0.6 is 11.8 Å². The summed E-state index contributed by atoms with van der Waals surface area (Å²) in [6.07, 6.45) is 2.41. The summed E-state index contributed by atoms with van der Waals surface area (Å²) < 4.78 is 4.90. The Labute approximate surface area is 145 Å². The number of hydrogen-bond acceptors (Lipinski definition) is 8. The van der Waals surface area contributed by atoms with Crippen molar-refractivity contribution in [3.05, 3.63) is 17.0 Å². The van der Waals surface area contributed by atoms with Crippen molar-refractivity contribution in [2.45, 2.75) is 38.8 Å². The van der Waals surface area contributed by atoms with Gasteiger partial charge in [0, 0.05) is 23.5 Å². The Morgan fingerprint density at radius 2 is 1.92 bits per heavy atom. The molecule has 0 unspecified atom stereocenters. The van der Waals surface area contributed by atoms with E-state index in [0.717, 1.165) is 17.0 Å². The molecule has 0 aliphatic heterocycles. The number of nitrogens with zero attached hydrogens (tertiary/aromatic N) is 3. The number of Topliss-reactive ketones (excluding diaryl/α,β-unsaturated/α-hetero) is 1. The number of aromatic nitrogens is 2. The van der Waals surface area contributed by atoms with Crippen LogP contribution in [0.1, 0.15) is 30.3 Å². The molecule has 0 amide bonds. The highest BCUT2D eigenvalue weighted by Crippen LogP contribution is 2.17. The minimum atomic E-state index is -1.16. The van der Waals surface area contributed by atoms with Gasteiger partial charge in [0.2, 0.25) is 0 Å². The number of nitrogens with one attached hydrogen (secondary N) is 1. The van der Waals surface area contributed by atoms with Crippen molar-refractivity contribution < 1.29 is 14.3 Å². The lowest BCUT2D eigenvalue weighted by atomic mass is 10.0. The minimum Gasteiger partial charge on any atom is -0.458 e. The fourth-order valence-electron chi connectivity index (χ4n) is 2.11. The maximum absolute atomic E-state index is 11.8. The third-order valence-corrected chi connectivity index (χ3v) is 3.97. The summed E-state index contributed by atoms with van der Waals surface area (Å²) >= 11 is 1.45. The molecule has 0 radical (unpaired) electrons. The van der Waals surface area contributed by atoms with E-state index in [0.29, 0.717) is 11.6 Å². The Kier molecular flexibility index (Phi) is 7.52. The number of esters is 1. The highest BCUT2D eigenvalue weighted by molar-refractivity contribution is 7.98. The van der Waals surface area contributed by atoms with Gasteiger partial charge in [-0.3, -0.25) is 9.59 Å². The Balaban J connectivity index is 2.58. The van der Waals surface area contributed by atoms with Crippen LogP contribution in [0.2, 0.25) is 0 Å². The number of ketones is 1. The van der Waals surface area contributed by atoms with Gasteiger partial charge < -0.3 is 10.1 Å². The summed E-state index contributed by atoms with van der Waals surface area (Å²) in [5, 5.41) is 16.8. The van der Waals surface area contributed by atoms with Crippen LogP contribution in [0, 0.1) is 36.5 Å². The van der Waals surface area contributed by atoms with Crippen molar-refractivity contribution >= 4 is 29.2 Å². The third-order valence-electron chi connectivity index (χ3n) is 3.42. The molecule has 24 heavy (non-hydrogen) atoms. The topological polar surface area (TPSA) is 117 Å². The number of nitriles is 1. The number of carbonyl (C=O) groups excluding carboxylic acids is 2. The van der Waals surface area contributed by atoms with E-state index in [4.69, 9.17) is 15.4 Å². The molecule has 0 aliphatic rings. The van der Waals surface area contributed by atoms with E-state index in [2.05, 4.69) is 9.97 Å². The SMILES string of the molecule is CSc1nc(C)c(CCC(=O)OCC(=O)[C@H](C#N)C(C)=N)c(C)n1. The number of ether oxygens (including phenoxy) is 1. The van der Waals surface area contributed by atoms with Gasteiger partial charge in [0.15, 0.2) is 17.5 Å². The highest BCUT2D eigenvalue weighted by Gasteiger charge is 2.21. The number of hydrogen-bond donors (Lipinski definition) is 1. The summed E-state index contributed by atoms with van der Waals surface area (Å²) in [6, 6.07) is 1.72. The van der Waals surface area contributed by atoms with Crippen LogP contribution in [0.15, 0.2) is 5.16 Å². The third kappa shape index (κ3) is 5.42. The second kappa shape index (κ2) is 9.13. The van der Waals surface area contributed by atoms with Crippen molar-refractivity contribution in [3.8, 4) is 6.07 Å². The van der Waals surface area contributed by atoms with Crippen LogP contribution in [0.3, 0.4) is 0 Å². The van der Waals surface area contributed by atoms with Crippen LogP contribution in [0.4, 0.5) is 0 Å². The molecular formula is C16H20N4O3S. The van der Waals surface area contributed by atoms with E-state index >= 15 is 0 Å². The Morgan fingerprint density at radius 3 is 2.38 bits per heavy atom. The number of rotatable bonds is 8. The lowest BCUT2D eigenvalue weighted by Gasteiger charge is -2.10. The zero-order chi connectivity index (χ0) is 18.3. The first-order valence-electron chi connectivity index (χ1n) is 7.31. The van der Waals surface area contributed by atoms with Crippen LogP contribution in [-0.4, -0.2) is 40.3 Å². The zero-order valence-corrected chi connectivity index (χ0v) is 15.0. The lowest BCUT2D eigenvalue weighted by Crippen LogP contribution is -2.25. The lowest BCUT2D eigenvalue weighted by molar-refractivity contribution is -0.148. The quantitative estimate of drug-likeness (QED) is 0.330. The van der Waals surface area contributed by atoms with Crippen LogP contribution < -0.4 is 0 Å². The Hall–Kier alpha value is -2.27. The van der Waals surface area contributed by atoms with E-state index in [-0.39, 0.29) is 12.1 Å². The second-order valence-electron chi connectivity index (χ2n) is 5.23. The smallest absolute Gasteiger partial charge is 0.306 e. The first-order valence-corrected chi connectivity index (χ1v) is 8.53. The predicted molar refractivity (Wildman–Crippen MR) is 90.1 cm³/mol. The van der Waals surface area contributed by atoms with Crippen molar-refractivity contribution in [2.75, 3.05) is 12.9 Å². The average Bonchev–Trinajstić information content (AvgIpc) is 2.52. The highest BCUT2D eigenvalue weighted by atomic mass is 32.2. The summed E-state index contributed by atoms with van der Waals surface area (Å²) in [5.41, 5.74) is 2.47. The fraction of sp³-hybridized carbons (Fsp3) is 0.500. The Morgan fingerprint density at radius 1 is 1.33 bits per heavy atom. The maximum Gasteiger partial charge on any atom is 0.306 e. The zero-order valence-electron chi connectivity index (χ0n) is 14.2. The molecule has 1 aromatic heterocycles. The van der Waals surface area contributed by atoms with Gasteiger partial charge in [0.05, 0.1) is 6.07 Å². The Bertz CT molecular complexity index is 674. The predicted octanol–water partition coefficient (Wildman–Crippen LogP) is 2.04. The summed E-state index contributed by atoms with van der Waals surface area (Å²) in [6.45, 7) is 4.61. The molecule has 1 heterocycles. The van der Waals surface area contributed by atoms with Gasteiger partial charge in [-0.25, -0.2) is 9.97 Å². The molecule has 128 valence electrons. The second-order valence-corrected chi connectivity index (χ2v) is 6.01. The molecule has 0 bridgehead atoms. The van der Waals surface area contributed by atoms with Gasteiger partial charge in [-0.05, 0) is 39.0 Å². The van der Waals surface area contributed by atoms with E-state index in [9.17, 15) is 9.59 Å². The summed E-state index contributed by atoms with van der Waals surface area (Å²) in [4.78, 5) is 32.2. The molecule has 0 fully saturated rings. The maximum atomic E-state index is 11.8. The van der Waals surface area contributed by atoms with E-state index in [1.807, 2.05) is 20.1 Å². The molecule has 0 saturated carbocycles. The molecule has 0 aromatic carbocycles. The summed E-state index contributed by atoms with van der Waals surface area (Å²) in [5.74, 6) is -2.27. The standard InChI is InChI=1S/C16H20N4O3S/c1-9(18)13(7-17)14(21)8-23-15(22)6-5-12-10(2)19-16(24-4)20-11(12)3/h13,18H,5-6,8H2,1-4H3/t13-/m1/s1. The molecule has 0 saturated heterocycles. The number of thioether (sulfide) groups is 1. The molecule has 1 atom stereocenters. The molecular weight excluding hydrogens is 328 g/mol. The van der Waals surface area contributed by atoms with Gasteiger partial charge >= 0.3 is 5.97 Å². The average molecular weight is 348 g/mol. The van der Waals surface area contributed by atoms with Gasteiger partial charge in [-0.1, -0.05) is 11.8 Å². The van der Waals surface area contributed by atoms with Crippen LogP contribution in [0.25, 0.3) is 0 Å². The molecule has 0 aliphatic carbocycles. The molecule has 1 aromatic rings. The first kappa shape index (κ1) is 19.8. The first-order chi connectivity index (χ1) is 11.3. The monoisotopic (exact) mass is 348 g/mol. The van der Waals surface area contributed by atoms with Crippen LogP contribution in [0.5, 0.6) is 0 Å². The van der Waals surface area contributed by atoms with Crippen molar-refractivity contribution in [1.29, 1.82) is 10.7 Å². The van der Waals surface area contributed by atoms with Crippen molar-refractivity contribution in [1.82, 2.24) is 9.97 Å². The molecule has 1 rings (SSSR count). The van der Waals surface area contributed by atoms with E-state index < -0.39 is 24.3 Å². The molecule has 0 spiro atoms. The molecule has 1 N–H and O–H groups in total. The fourth-order valence-corrected chi connectivity index (χ4v) is 2.56. The van der Waals surface area contributed by atoms with Crippen molar-refractivity contribution in [2.24, 2.45) is 5.92 Å². The minimum absolute atomic E-state index is 0.0594.